The molecule has 2 N–H and O–H groups in total. The second-order valence-corrected chi connectivity index (χ2v) is 8.58. The fourth-order valence-electron chi connectivity index (χ4n) is 3.84. The van der Waals surface area contributed by atoms with Gasteiger partial charge < -0.3 is 14.8 Å². The molecule has 0 spiro atoms. The van der Waals surface area contributed by atoms with Gasteiger partial charge >= 0.3 is 0 Å². The molecule has 0 radical (unpaired) electrons. The summed E-state index contributed by atoms with van der Waals surface area (Å²) in [5, 5.41) is 6.40. The van der Waals surface area contributed by atoms with Gasteiger partial charge in [0, 0.05) is 17.0 Å². The van der Waals surface area contributed by atoms with E-state index in [9.17, 15) is 9.59 Å². The Morgan fingerprint density at radius 2 is 1.94 bits per heavy atom. The minimum absolute atomic E-state index is 0.0243. The van der Waals surface area contributed by atoms with Crippen LogP contribution >= 0.6 is 11.3 Å². The van der Waals surface area contributed by atoms with Crippen molar-refractivity contribution in [1.29, 1.82) is 0 Å². The monoisotopic (exact) mass is 435 g/mol. The lowest BCUT2D eigenvalue weighted by Gasteiger charge is -2.20. The highest BCUT2D eigenvalue weighted by Gasteiger charge is 2.30. The number of ether oxygens (including phenoxy) is 2. The van der Waals surface area contributed by atoms with Gasteiger partial charge in [0.2, 0.25) is 12.7 Å². The Kier molecular flexibility index (Phi) is 5.30. The second kappa shape index (κ2) is 8.39. The maximum Gasteiger partial charge on any atom is 0.257 e. The maximum absolute atomic E-state index is 12.8. The molecule has 1 aromatic heterocycles. The topological polar surface area (TPSA) is 89.6 Å². The van der Waals surface area contributed by atoms with E-state index in [-0.39, 0.29) is 24.5 Å². The van der Waals surface area contributed by atoms with Crippen LogP contribution in [0.4, 0.5) is 5.13 Å². The predicted octanol–water partition coefficient (Wildman–Crippen LogP) is 3.86. The van der Waals surface area contributed by atoms with Crippen molar-refractivity contribution in [3.63, 3.8) is 0 Å². The zero-order valence-corrected chi connectivity index (χ0v) is 17.5. The molecule has 8 heteroatoms. The van der Waals surface area contributed by atoms with Crippen molar-refractivity contribution in [1.82, 2.24) is 10.3 Å². The molecule has 158 valence electrons. The van der Waals surface area contributed by atoms with Gasteiger partial charge in [-0.25, -0.2) is 4.98 Å². The molecular formula is C23H21N3O4S. The number of carbonyl (C=O) groups is 2. The number of fused-ring (bicyclic) bond motifs is 2. The Morgan fingerprint density at radius 3 is 2.81 bits per heavy atom. The number of aromatic nitrogens is 1. The van der Waals surface area contributed by atoms with Crippen LogP contribution in [-0.4, -0.2) is 23.6 Å². The van der Waals surface area contributed by atoms with Crippen LogP contribution in [0.2, 0.25) is 0 Å². The summed E-state index contributed by atoms with van der Waals surface area (Å²) in [5.74, 6) is 0.602. The molecule has 1 aliphatic heterocycles. The fourth-order valence-corrected chi connectivity index (χ4v) is 4.90. The van der Waals surface area contributed by atoms with Crippen molar-refractivity contribution in [2.75, 3.05) is 12.1 Å². The number of anilines is 1. The first-order valence-corrected chi connectivity index (χ1v) is 11.0. The minimum atomic E-state index is -0.292. The van der Waals surface area contributed by atoms with Crippen LogP contribution in [0.5, 0.6) is 11.5 Å². The number of benzene rings is 2. The van der Waals surface area contributed by atoms with Gasteiger partial charge in [0.1, 0.15) is 0 Å². The average Bonchev–Trinajstić information content (AvgIpc) is 3.43. The van der Waals surface area contributed by atoms with Gasteiger partial charge in [-0.05, 0) is 43.0 Å². The van der Waals surface area contributed by atoms with Gasteiger partial charge in [0.05, 0.1) is 11.6 Å². The van der Waals surface area contributed by atoms with E-state index in [0.29, 0.717) is 28.7 Å². The summed E-state index contributed by atoms with van der Waals surface area (Å²) in [6.45, 7) is 0.649. The van der Waals surface area contributed by atoms with Gasteiger partial charge in [-0.1, -0.05) is 30.3 Å². The second-order valence-electron chi connectivity index (χ2n) is 7.50. The van der Waals surface area contributed by atoms with Crippen LogP contribution in [0.1, 0.15) is 45.3 Å². The van der Waals surface area contributed by atoms with Gasteiger partial charge in [-0.15, -0.1) is 11.3 Å². The zero-order chi connectivity index (χ0) is 21.2. The van der Waals surface area contributed by atoms with Crippen molar-refractivity contribution in [2.24, 2.45) is 0 Å². The Morgan fingerprint density at radius 1 is 1.10 bits per heavy atom. The van der Waals surface area contributed by atoms with E-state index < -0.39 is 0 Å². The summed E-state index contributed by atoms with van der Waals surface area (Å²) in [6.07, 6.45) is 2.55. The summed E-state index contributed by atoms with van der Waals surface area (Å²) in [7, 11) is 0. The van der Waals surface area contributed by atoms with Gasteiger partial charge in [0.25, 0.3) is 5.91 Å². The smallest absolute Gasteiger partial charge is 0.257 e. The summed E-state index contributed by atoms with van der Waals surface area (Å²) in [4.78, 5) is 31.2. The molecule has 31 heavy (non-hydrogen) atoms. The SMILES string of the molecule is O=C(Nc1nc2c(s1)CCCC2C(=O)NCc1ccccc1)c1ccc2c(c1)OCO2. The Bertz CT molecular complexity index is 1130. The molecule has 0 saturated heterocycles. The zero-order valence-electron chi connectivity index (χ0n) is 16.7. The standard InChI is InChI=1S/C23H21N3O4S/c27-21(15-9-10-17-18(11-15)30-13-29-17)26-23-25-20-16(7-4-8-19(20)31-23)22(28)24-12-14-5-2-1-3-6-14/h1-3,5-6,9-11,16H,4,7-8,12-13H2,(H,24,28)(H,25,26,27). The molecular weight excluding hydrogens is 414 g/mol. The Hall–Kier alpha value is -3.39. The molecule has 1 atom stereocenters. The number of hydrogen-bond donors (Lipinski definition) is 2. The molecule has 1 aliphatic carbocycles. The molecule has 0 fully saturated rings. The summed E-state index contributed by atoms with van der Waals surface area (Å²) >= 11 is 1.44. The largest absolute Gasteiger partial charge is 0.454 e. The quantitative estimate of drug-likeness (QED) is 0.635. The minimum Gasteiger partial charge on any atom is -0.454 e. The molecule has 0 saturated carbocycles. The molecule has 2 heterocycles. The first kappa shape index (κ1) is 19.6. The number of amides is 2. The third kappa shape index (κ3) is 4.11. The molecule has 1 unspecified atom stereocenters. The molecule has 0 bridgehead atoms. The first-order chi connectivity index (χ1) is 15.2. The summed E-state index contributed by atoms with van der Waals surface area (Å²) in [6, 6.07) is 14.9. The molecule has 5 rings (SSSR count). The fraction of sp³-hybridized carbons (Fsp3) is 0.261. The van der Waals surface area contributed by atoms with E-state index in [0.717, 1.165) is 35.4 Å². The first-order valence-electron chi connectivity index (χ1n) is 10.2. The Balaban J connectivity index is 1.28. The highest BCUT2D eigenvalue weighted by Crippen LogP contribution is 2.37. The van der Waals surface area contributed by atoms with E-state index in [1.54, 1.807) is 18.2 Å². The number of nitrogens with zero attached hydrogens (tertiary/aromatic N) is 1. The van der Waals surface area contributed by atoms with Crippen LogP contribution in [-0.2, 0) is 17.8 Å². The highest BCUT2D eigenvalue weighted by molar-refractivity contribution is 7.16. The lowest BCUT2D eigenvalue weighted by Crippen LogP contribution is -2.31. The number of hydrogen-bond acceptors (Lipinski definition) is 6. The Labute approximate surface area is 183 Å². The van der Waals surface area contributed by atoms with Crippen LogP contribution in [0.25, 0.3) is 0 Å². The van der Waals surface area contributed by atoms with E-state index >= 15 is 0 Å². The molecule has 2 amide bonds. The van der Waals surface area contributed by atoms with Crippen molar-refractivity contribution in [3.8, 4) is 11.5 Å². The van der Waals surface area contributed by atoms with Gasteiger partial charge in [-0.3, -0.25) is 14.9 Å². The van der Waals surface area contributed by atoms with E-state index in [2.05, 4.69) is 15.6 Å². The molecule has 2 aliphatic rings. The number of thiazole rings is 1. The van der Waals surface area contributed by atoms with Crippen molar-refractivity contribution >= 4 is 28.3 Å². The number of rotatable bonds is 5. The summed E-state index contributed by atoms with van der Waals surface area (Å²) < 4.78 is 10.6. The number of nitrogens with one attached hydrogen (secondary N) is 2. The maximum atomic E-state index is 12.8. The molecule has 3 aromatic rings. The van der Waals surface area contributed by atoms with Crippen LogP contribution in [0, 0.1) is 0 Å². The van der Waals surface area contributed by atoms with E-state index in [4.69, 9.17) is 9.47 Å². The molecule has 2 aromatic carbocycles. The van der Waals surface area contributed by atoms with Crippen LogP contribution < -0.4 is 20.1 Å². The third-order valence-corrected chi connectivity index (χ3v) is 6.48. The van der Waals surface area contributed by atoms with Crippen molar-refractivity contribution < 1.29 is 19.1 Å². The number of aryl methyl sites for hydroxylation is 1. The highest BCUT2D eigenvalue weighted by atomic mass is 32.1. The molecule has 7 nitrogen and oxygen atoms in total. The third-order valence-electron chi connectivity index (χ3n) is 5.44. The lowest BCUT2D eigenvalue weighted by atomic mass is 9.90. The van der Waals surface area contributed by atoms with Crippen LogP contribution in [0.3, 0.4) is 0 Å². The average molecular weight is 436 g/mol. The van der Waals surface area contributed by atoms with E-state index in [1.165, 1.54) is 11.3 Å². The number of carbonyl (C=O) groups excluding carboxylic acids is 2. The van der Waals surface area contributed by atoms with Crippen LogP contribution in [0.15, 0.2) is 48.5 Å². The summed E-state index contributed by atoms with van der Waals surface area (Å²) in [5.41, 5.74) is 2.30. The van der Waals surface area contributed by atoms with Gasteiger partial charge in [0.15, 0.2) is 16.6 Å². The van der Waals surface area contributed by atoms with Gasteiger partial charge in [-0.2, -0.15) is 0 Å². The van der Waals surface area contributed by atoms with Crippen molar-refractivity contribution in [3.05, 3.63) is 70.2 Å². The van der Waals surface area contributed by atoms with Crippen molar-refractivity contribution in [2.45, 2.75) is 31.7 Å². The normalized spacial score (nSPS) is 16.5. The lowest BCUT2D eigenvalue weighted by molar-refractivity contribution is -0.123. The predicted molar refractivity (Wildman–Crippen MR) is 117 cm³/mol. The van der Waals surface area contributed by atoms with E-state index in [1.807, 2.05) is 30.3 Å².